The molecule has 3 aromatic rings. The van der Waals surface area contributed by atoms with Crippen LogP contribution in [0.3, 0.4) is 0 Å². The number of thioether (sulfide) groups is 1. The van der Waals surface area contributed by atoms with Crippen molar-refractivity contribution in [3.8, 4) is 11.5 Å². The van der Waals surface area contributed by atoms with Gasteiger partial charge in [0.15, 0.2) is 22.3 Å². The lowest BCUT2D eigenvalue weighted by atomic mass is 10.2. The number of ether oxygens (including phenoxy) is 2. The average molecular weight is 441 g/mol. The number of carbonyl (C=O) groups excluding carboxylic acids is 1. The van der Waals surface area contributed by atoms with Crippen molar-refractivity contribution in [1.29, 1.82) is 0 Å². The Kier molecular flexibility index (Phi) is 6.41. The molecule has 8 nitrogen and oxygen atoms in total. The summed E-state index contributed by atoms with van der Waals surface area (Å²) < 4.78 is 13.2. The van der Waals surface area contributed by atoms with Gasteiger partial charge in [-0.15, -0.1) is 0 Å². The van der Waals surface area contributed by atoms with Gasteiger partial charge in [0.05, 0.1) is 17.7 Å². The number of hydrogen-bond donors (Lipinski definition) is 1. The van der Waals surface area contributed by atoms with E-state index in [9.17, 15) is 9.59 Å². The van der Waals surface area contributed by atoms with Gasteiger partial charge in [0.2, 0.25) is 5.91 Å². The number of para-hydroxylation sites is 2. The summed E-state index contributed by atoms with van der Waals surface area (Å²) in [5.74, 6) is 1.60. The minimum atomic E-state index is -0.258. The molecule has 0 bridgehead atoms. The molecule has 1 aliphatic rings. The van der Waals surface area contributed by atoms with E-state index in [0.717, 1.165) is 0 Å². The van der Waals surface area contributed by atoms with Crippen LogP contribution < -0.4 is 20.3 Å². The third-order valence-corrected chi connectivity index (χ3v) is 5.65. The predicted octanol–water partition coefficient (Wildman–Crippen LogP) is 2.50. The highest BCUT2D eigenvalue weighted by atomic mass is 32.2. The van der Waals surface area contributed by atoms with Crippen LogP contribution in [0.1, 0.15) is 13.8 Å². The van der Waals surface area contributed by atoms with Gasteiger partial charge < -0.3 is 14.8 Å². The molecule has 1 amide bonds. The lowest BCUT2D eigenvalue weighted by Crippen LogP contribution is -2.41. The van der Waals surface area contributed by atoms with E-state index in [1.54, 1.807) is 22.9 Å². The zero-order valence-corrected chi connectivity index (χ0v) is 18.2. The van der Waals surface area contributed by atoms with Crippen molar-refractivity contribution in [1.82, 2.24) is 19.9 Å². The van der Waals surface area contributed by atoms with Gasteiger partial charge in [0.1, 0.15) is 12.7 Å². The number of pyridine rings is 1. The second kappa shape index (κ2) is 9.38. The van der Waals surface area contributed by atoms with Crippen molar-refractivity contribution in [2.75, 3.05) is 18.9 Å². The molecule has 0 aliphatic carbocycles. The van der Waals surface area contributed by atoms with Gasteiger partial charge >= 0.3 is 0 Å². The number of nitrogens with zero attached hydrogens (tertiary/aromatic N) is 3. The standard InChI is InChI=1S/C22H24N4O4S/c1-14(2)11-26-21(28)16-6-5-9-23-20(16)25-22(26)31-13-19(27)24-10-15-12-29-17-7-3-4-8-18(17)30-15/h3-9,14-15H,10-13H2,1-2H3,(H,24,27). The first kappa shape index (κ1) is 21.2. The number of aromatic nitrogens is 3. The minimum absolute atomic E-state index is 0.132. The van der Waals surface area contributed by atoms with Gasteiger partial charge in [0.25, 0.3) is 5.56 Å². The van der Waals surface area contributed by atoms with Crippen LogP contribution in [-0.4, -0.2) is 45.5 Å². The number of fused-ring (bicyclic) bond motifs is 2. The van der Waals surface area contributed by atoms with E-state index in [1.807, 2.05) is 38.1 Å². The van der Waals surface area contributed by atoms with E-state index in [1.165, 1.54) is 11.8 Å². The summed E-state index contributed by atoms with van der Waals surface area (Å²) in [6.07, 6.45) is 1.35. The van der Waals surface area contributed by atoms with Crippen LogP contribution in [0.15, 0.2) is 52.5 Å². The Morgan fingerprint density at radius 3 is 2.87 bits per heavy atom. The Balaban J connectivity index is 1.39. The smallest absolute Gasteiger partial charge is 0.263 e. The molecule has 1 unspecified atom stereocenters. The van der Waals surface area contributed by atoms with E-state index >= 15 is 0 Å². The summed E-state index contributed by atoms with van der Waals surface area (Å²) in [7, 11) is 0. The summed E-state index contributed by atoms with van der Waals surface area (Å²) >= 11 is 1.23. The lowest BCUT2D eigenvalue weighted by Gasteiger charge is -2.26. The maximum atomic E-state index is 12.9. The van der Waals surface area contributed by atoms with Crippen molar-refractivity contribution in [3.63, 3.8) is 0 Å². The van der Waals surface area contributed by atoms with E-state index in [-0.39, 0.29) is 29.2 Å². The highest BCUT2D eigenvalue weighted by molar-refractivity contribution is 7.99. The molecule has 4 rings (SSSR count). The molecular weight excluding hydrogens is 416 g/mol. The Morgan fingerprint density at radius 1 is 1.26 bits per heavy atom. The SMILES string of the molecule is CC(C)Cn1c(SCC(=O)NCC2COc3ccccc3O2)nc2ncccc2c1=O. The molecule has 1 atom stereocenters. The molecule has 1 N–H and O–H groups in total. The van der Waals surface area contributed by atoms with Crippen LogP contribution in [0.4, 0.5) is 0 Å². The van der Waals surface area contributed by atoms with Gasteiger partial charge in [-0.25, -0.2) is 9.97 Å². The maximum Gasteiger partial charge on any atom is 0.263 e. The van der Waals surface area contributed by atoms with Crippen LogP contribution in [0, 0.1) is 5.92 Å². The van der Waals surface area contributed by atoms with Gasteiger partial charge in [-0.1, -0.05) is 37.7 Å². The van der Waals surface area contributed by atoms with Crippen LogP contribution >= 0.6 is 11.8 Å². The molecule has 2 aromatic heterocycles. The fraction of sp³-hybridized carbons (Fsp3) is 0.364. The van der Waals surface area contributed by atoms with Crippen LogP contribution in [-0.2, 0) is 11.3 Å². The fourth-order valence-corrected chi connectivity index (χ4v) is 4.07. The summed E-state index contributed by atoms with van der Waals surface area (Å²) in [6.45, 7) is 5.29. The Morgan fingerprint density at radius 2 is 2.06 bits per heavy atom. The molecule has 1 aromatic carbocycles. The number of benzene rings is 1. The number of amides is 1. The lowest BCUT2D eigenvalue weighted by molar-refractivity contribution is -0.119. The number of carbonyl (C=O) groups is 1. The predicted molar refractivity (Wildman–Crippen MR) is 119 cm³/mol. The first-order valence-corrected chi connectivity index (χ1v) is 11.1. The van der Waals surface area contributed by atoms with E-state index in [0.29, 0.717) is 47.4 Å². The Hall–Kier alpha value is -3.07. The quantitative estimate of drug-likeness (QED) is 0.445. The minimum Gasteiger partial charge on any atom is -0.486 e. The highest BCUT2D eigenvalue weighted by Gasteiger charge is 2.21. The van der Waals surface area contributed by atoms with Gasteiger partial charge in [-0.3, -0.25) is 14.2 Å². The zero-order valence-electron chi connectivity index (χ0n) is 17.4. The average Bonchev–Trinajstić information content (AvgIpc) is 2.78. The fourth-order valence-electron chi connectivity index (χ4n) is 3.25. The first-order chi connectivity index (χ1) is 15.0. The van der Waals surface area contributed by atoms with Crippen LogP contribution in [0.2, 0.25) is 0 Å². The zero-order chi connectivity index (χ0) is 21.8. The summed E-state index contributed by atoms with van der Waals surface area (Å²) in [5.41, 5.74) is 0.253. The molecular formula is C22H24N4O4S. The number of hydrogen-bond acceptors (Lipinski definition) is 7. The van der Waals surface area contributed by atoms with Crippen molar-refractivity contribution < 1.29 is 14.3 Å². The summed E-state index contributed by atoms with van der Waals surface area (Å²) in [4.78, 5) is 34.1. The molecule has 0 saturated heterocycles. The van der Waals surface area contributed by atoms with Crippen molar-refractivity contribution in [2.24, 2.45) is 5.92 Å². The molecule has 31 heavy (non-hydrogen) atoms. The third-order valence-electron chi connectivity index (χ3n) is 4.67. The third kappa shape index (κ3) is 4.99. The first-order valence-electron chi connectivity index (χ1n) is 10.1. The summed E-state index contributed by atoms with van der Waals surface area (Å²) in [6, 6.07) is 10.9. The van der Waals surface area contributed by atoms with Crippen molar-refractivity contribution >= 4 is 28.7 Å². The van der Waals surface area contributed by atoms with Crippen molar-refractivity contribution in [3.05, 3.63) is 52.9 Å². The summed E-state index contributed by atoms with van der Waals surface area (Å²) in [5, 5.41) is 3.84. The maximum absolute atomic E-state index is 12.9. The molecule has 162 valence electrons. The second-order valence-electron chi connectivity index (χ2n) is 7.67. The topological polar surface area (TPSA) is 95.3 Å². The van der Waals surface area contributed by atoms with Gasteiger partial charge in [-0.05, 0) is 30.2 Å². The normalized spacial score (nSPS) is 15.3. The van der Waals surface area contributed by atoms with E-state index in [2.05, 4.69) is 15.3 Å². The number of rotatable bonds is 7. The Labute approximate surface area is 184 Å². The Bertz CT molecular complexity index is 1150. The molecule has 0 saturated carbocycles. The second-order valence-corrected chi connectivity index (χ2v) is 8.61. The van der Waals surface area contributed by atoms with Crippen molar-refractivity contribution in [2.45, 2.75) is 31.7 Å². The molecule has 3 heterocycles. The van der Waals surface area contributed by atoms with E-state index < -0.39 is 0 Å². The molecule has 1 aliphatic heterocycles. The van der Waals surface area contributed by atoms with Crippen LogP contribution in [0.25, 0.3) is 11.0 Å². The van der Waals surface area contributed by atoms with E-state index in [4.69, 9.17) is 9.47 Å². The molecule has 0 fully saturated rings. The van der Waals surface area contributed by atoms with Gasteiger partial charge in [0, 0.05) is 12.7 Å². The number of nitrogens with one attached hydrogen (secondary N) is 1. The van der Waals surface area contributed by atoms with Gasteiger partial charge in [-0.2, -0.15) is 0 Å². The monoisotopic (exact) mass is 440 g/mol. The molecule has 9 heteroatoms. The highest BCUT2D eigenvalue weighted by Crippen LogP contribution is 2.30. The van der Waals surface area contributed by atoms with Crippen LogP contribution in [0.5, 0.6) is 11.5 Å². The largest absolute Gasteiger partial charge is 0.486 e. The molecule has 0 spiro atoms. The molecule has 0 radical (unpaired) electrons.